The number of hydrogen-bond acceptors (Lipinski definition) is 1. The molecule has 0 spiro atoms. The Morgan fingerprint density at radius 1 is 1.23 bits per heavy atom. The first kappa shape index (κ1) is 13.1. The van der Waals surface area contributed by atoms with E-state index >= 15 is 0 Å². The highest BCUT2D eigenvalue weighted by atomic mass is 28.4. The third-order valence-electron chi connectivity index (χ3n) is 3.17. The van der Waals surface area contributed by atoms with Crippen molar-refractivity contribution in [1.29, 1.82) is 0 Å². The van der Waals surface area contributed by atoms with E-state index < -0.39 is 16.4 Å². The van der Waals surface area contributed by atoms with Crippen LogP contribution in [0.2, 0.25) is 30.8 Å². The van der Waals surface area contributed by atoms with E-state index in [2.05, 4.69) is 39.2 Å². The van der Waals surface area contributed by atoms with E-state index in [-0.39, 0.29) is 0 Å². The van der Waals surface area contributed by atoms with E-state index in [9.17, 15) is 0 Å². The Hall–Kier alpha value is 0.134. The molecular weight excluding hydrogens is 192 g/mol. The molecule has 1 nitrogen and oxygen atoms in total. The molecular formula is C10H24OSi2. The van der Waals surface area contributed by atoms with Gasteiger partial charge in [-0.3, -0.25) is 0 Å². The molecule has 0 aliphatic rings. The average molecular weight is 216 g/mol. The van der Waals surface area contributed by atoms with E-state index in [0.29, 0.717) is 0 Å². The molecule has 78 valence electrons. The van der Waals surface area contributed by atoms with Crippen molar-refractivity contribution in [2.75, 3.05) is 7.11 Å². The Bertz CT molecular complexity index is 162. The van der Waals surface area contributed by atoms with Gasteiger partial charge in [0.05, 0.1) is 8.07 Å². The zero-order valence-electron chi connectivity index (χ0n) is 9.81. The predicted molar refractivity (Wildman–Crippen MR) is 66.2 cm³/mol. The highest BCUT2D eigenvalue weighted by Gasteiger charge is 2.34. The van der Waals surface area contributed by atoms with Crippen LogP contribution in [0.4, 0.5) is 0 Å². The van der Waals surface area contributed by atoms with Crippen LogP contribution in [0.1, 0.15) is 13.8 Å². The van der Waals surface area contributed by atoms with Gasteiger partial charge < -0.3 is 4.43 Å². The van der Waals surface area contributed by atoms with Gasteiger partial charge in [-0.05, 0) is 18.8 Å². The molecule has 0 amide bonds. The lowest BCUT2D eigenvalue weighted by molar-refractivity contribution is 0.408. The van der Waals surface area contributed by atoms with Crippen molar-refractivity contribution < 1.29 is 4.43 Å². The van der Waals surface area contributed by atoms with Gasteiger partial charge in [-0.15, -0.1) is 12.3 Å². The molecule has 0 bridgehead atoms. The largest absolute Gasteiger partial charge is 0.421 e. The van der Waals surface area contributed by atoms with Gasteiger partial charge in [0.25, 0.3) is 0 Å². The predicted octanol–water partition coefficient (Wildman–Crippen LogP) is 3.59. The monoisotopic (exact) mass is 216 g/mol. The SMILES string of the molecule is C=C[Si](CC)(CC)C[Si](C)(C)OC. The maximum atomic E-state index is 5.62. The van der Waals surface area contributed by atoms with E-state index in [1.165, 1.54) is 17.8 Å². The van der Waals surface area contributed by atoms with E-state index in [1.807, 2.05) is 7.11 Å². The van der Waals surface area contributed by atoms with Crippen LogP contribution in [-0.4, -0.2) is 23.5 Å². The number of hydrogen-bond donors (Lipinski definition) is 0. The summed E-state index contributed by atoms with van der Waals surface area (Å²) in [6.07, 6.45) is 0. The van der Waals surface area contributed by atoms with Crippen LogP contribution in [0.15, 0.2) is 12.3 Å². The Balaban J connectivity index is 4.50. The molecule has 13 heavy (non-hydrogen) atoms. The lowest BCUT2D eigenvalue weighted by Gasteiger charge is -2.32. The normalized spacial score (nSPS) is 13.0. The van der Waals surface area contributed by atoms with Gasteiger partial charge in [0.15, 0.2) is 8.32 Å². The first-order chi connectivity index (χ1) is 5.95. The second-order valence-corrected chi connectivity index (χ2v) is 14.3. The van der Waals surface area contributed by atoms with Crippen LogP contribution in [0, 0.1) is 0 Å². The van der Waals surface area contributed by atoms with Gasteiger partial charge in [-0.25, -0.2) is 0 Å². The molecule has 0 aromatic heterocycles. The van der Waals surface area contributed by atoms with Crippen LogP contribution in [0.25, 0.3) is 0 Å². The summed E-state index contributed by atoms with van der Waals surface area (Å²) in [4.78, 5) is 0. The smallest absolute Gasteiger partial charge is 0.183 e. The van der Waals surface area contributed by atoms with Crippen LogP contribution >= 0.6 is 0 Å². The molecule has 0 aromatic rings. The molecule has 0 radical (unpaired) electrons. The average Bonchev–Trinajstić information content (AvgIpc) is 2.14. The Kier molecular flexibility index (Phi) is 5.18. The molecule has 0 rings (SSSR count). The molecule has 0 aliphatic carbocycles. The summed E-state index contributed by atoms with van der Waals surface area (Å²) in [5.74, 6) is 0. The van der Waals surface area contributed by atoms with Gasteiger partial charge in [0, 0.05) is 7.11 Å². The van der Waals surface area contributed by atoms with Crippen molar-refractivity contribution in [3.05, 3.63) is 12.3 Å². The van der Waals surface area contributed by atoms with E-state index in [0.717, 1.165) is 0 Å². The lowest BCUT2D eigenvalue weighted by Crippen LogP contribution is -2.43. The van der Waals surface area contributed by atoms with Gasteiger partial charge in [0.2, 0.25) is 0 Å². The van der Waals surface area contributed by atoms with Crippen molar-refractivity contribution >= 4 is 16.4 Å². The third-order valence-corrected chi connectivity index (χ3v) is 14.2. The molecule has 0 heterocycles. The molecule has 0 aromatic carbocycles. The molecule has 0 N–H and O–H groups in total. The maximum Gasteiger partial charge on any atom is 0.183 e. The standard InChI is InChI=1S/C10H24OSi2/c1-7-13(8-2,9-3)10-12(5,6)11-4/h7H,1,8-10H2,2-6H3. The zero-order valence-corrected chi connectivity index (χ0v) is 11.8. The highest BCUT2D eigenvalue weighted by Crippen LogP contribution is 2.27. The molecule has 0 aliphatic heterocycles. The van der Waals surface area contributed by atoms with Crippen molar-refractivity contribution in [2.45, 2.75) is 44.7 Å². The van der Waals surface area contributed by atoms with Crippen LogP contribution in [-0.2, 0) is 4.43 Å². The molecule has 0 saturated heterocycles. The topological polar surface area (TPSA) is 9.23 Å². The second-order valence-electron chi connectivity index (χ2n) is 4.41. The summed E-state index contributed by atoms with van der Waals surface area (Å²) >= 11 is 0. The van der Waals surface area contributed by atoms with Gasteiger partial charge in [-0.1, -0.05) is 25.9 Å². The second kappa shape index (κ2) is 5.12. The minimum atomic E-state index is -1.39. The molecule has 0 atom stereocenters. The lowest BCUT2D eigenvalue weighted by atomic mass is 10.9. The van der Waals surface area contributed by atoms with Crippen LogP contribution < -0.4 is 0 Å². The minimum Gasteiger partial charge on any atom is -0.421 e. The van der Waals surface area contributed by atoms with E-state index in [1.54, 1.807) is 0 Å². The highest BCUT2D eigenvalue weighted by molar-refractivity contribution is 6.96. The van der Waals surface area contributed by atoms with Crippen molar-refractivity contribution in [2.24, 2.45) is 0 Å². The maximum absolute atomic E-state index is 5.62. The fourth-order valence-electron chi connectivity index (χ4n) is 1.78. The summed E-state index contributed by atoms with van der Waals surface area (Å²) in [5.41, 5.74) is 3.59. The van der Waals surface area contributed by atoms with Crippen molar-refractivity contribution in [1.82, 2.24) is 0 Å². The molecule has 3 heteroatoms. The molecule has 0 saturated carbocycles. The Morgan fingerprint density at radius 2 is 1.69 bits per heavy atom. The van der Waals surface area contributed by atoms with Crippen LogP contribution in [0.3, 0.4) is 0 Å². The first-order valence-electron chi connectivity index (χ1n) is 5.14. The Morgan fingerprint density at radius 3 is 1.92 bits per heavy atom. The summed E-state index contributed by atoms with van der Waals surface area (Å²) in [6, 6.07) is 2.62. The molecule has 0 unspecified atom stereocenters. The van der Waals surface area contributed by atoms with Gasteiger partial charge in [-0.2, -0.15) is 0 Å². The summed E-state index contributed by atoms with van der Waals surface area (Å²) in [5, 5.41) is 0. The van der Waals surface area contributed by atoms with Crippen molar-refractivity contribution in [3.63, 3.8) is 0 Å². The summed E-state index contributed by atoms with van der Waals surface area (Å²) in [7, 11) is -0.697. The van der Waals surface area contributed by atoms with E-state index in [4.69, 9.17) is 4.43 Å². The first-order valence-corrected chi connectivity index (χ1v) is 11.0. The quantitative estimate of drug-likeness (QED) is 0.617. The van der Waals surface area contributed by atoms with Gasteiger partial charge in [0.1, 0.15) is 0 Å². The third kappa shape index (κ3) is 3.79. The zero-order chi connectivity index (χ0) is 10.5. The Labute approximate surface area is 85.3 Å². The number of rotatable bonds is 6. The summed E-state index contributed by atoms with van der Waals surface area (Å²) < 4.78 is 5.62. The fourth-order valence-corrected chi connectivity index (χ4v) is 12.8. The summed E-state index contributed by atoms with van der Waals surface area (Å²) in [6.45, 7) is 13.2. The van der Waals surface area contributed by atoms with Crippen LogP contribution in [0.5, 0.6) is 0 Å². The van der Waals surface area contributed by atoms with Gasteiger partial charge >= 0.3 is 0 Å². The fraction of sp³-hybridized carbons (Fsp3) is 0.800. The van der Waals surface area contributed by atoms with Crippen molar-refractivity contribution in [3.8, 4) is 0 Å². The minimum absolute atomic E-state index is 1.17. The molecule has 0 fully saturated rings.